The van der Waals surface area contributed by atoms with Crippen molar-refractivity contribution in [3.63, 3.8) is 0 Å². The minimum absolute atomic E-state index is 0.351. The average Bonchev–Trinajstić information content (AvgIpc) is 3.17. The number of rotatable bonds is 5. The molecule has 5 heteroatoms. The van der Waals surface area contributed by atoms with Gasteiger partial charge in [0.25, 0.3) is 0 Å². The highest BCUT2D eigenvalue weighted by Gasteiger charge is 2.19. The van der Waals surface area contributed by atoms with Crippen LogP contribution in [-0.4, -0.2) is 58.5 Å². The molecule has 0 amide bonds. The van der Waals surface area contributed by atoms with Gasteiger partial charge < -0.3 is 19.3 Å². The smallest absolute Gasteiger partial charge is 0.336 e. The number of benzene rings is 1. The van der Waals surface area contributed by atoms with Gasteiger partial charge in [0.2, 0.25) is 0 Å². The van der Waals surface area contributed by atoms with Crippen LogP contribution in [0.3, 0.4) is 0 Å². The first-order valence-corrected chi connectivity index (χ1v) is 10.5. The van der Waals surface area contributed by atoms with Crippen LogP contribution in [0.4, 0.5) is 0 Å². The third-order valence-electron chi connectivity index (χ3n) is 6.24. The molecule has 1 aromatic carbocycles. The van der Waals surface area contributed by atoms with E-state index in [-0.39, 0.29) is 0 Å². The van der Waals surface area contributed by atoms with Gasteiger partial charge >= 0.3 is 5.97 Å². The highest BCUT2D eigenvalue weighted by atomic mass is 16.4. The van der Waals surface area contributed by atoms with Crippen LogP contribution in [0.25, 0.3) is 22.7 Å². The third kappa shape index (κ3) is 3.85. The maximum Gasteiger partial charge on any atom is 0.336 e. The van der Waals surface area contributed by atoms with Crippen molar-refractivity contribution in [3.05, 3.63) is 71.7 Å². The number of hydrogen-bond donors (Lipinski definition) is 1. The lowest BCUT2D eigenvalue weighted by molar-refractivity contribution is 0.0696. The van der Waals surface area contributed by atoms with Gasteiger partial charge in [-0.2, -0.15) is 0 Å². The molecule has 0 radical (unpaired) electrons. The van der Waals surface area contributed by atoms with E-state index in [1.165, 1.54) is 0 Å². The lowest BCUT2D eigenvalue weighted by Gasteiger charge is -2.34. The number of pyridine rings is 1. The largest absolute Gasteiger partial charge is 0.478 e. The molecule has 0 spiro atoms. The topological polar surface area (TPSA) is 48.2 Å². The van der Waals surface area contributed by atoms with E-state index in [0.29, 0.717) is 11.6 Å². The lowest BCUT2D eigenvalue weighted by Crippen LogP contribution is -2.39. The first-order valence-electron chi connectivity index (χ1n) is 10.5. The lowest BCUT2D eigenvalue weighted by atomic mass is 10.0. The second kappa shape index (κ2) is 8.36. The van der Waals surface area contributed by atoms with Crippen LogP contribution >= 0.6 is 0 Å². The molecule has 3 aromatic rings. The quantitative estimate of drug-likeness (QED) is 0.676. The molecule has 0 unspecified atom stereocenters. The second-order valence-corrected chi connectivity index (χ2v) is 8.27. The molecule has 1 fully saturated rings. The molecule has 5 nitrogen and oxygen atoms in total. The molecule has 30 heavy (non-hydrogen) atoms. The number of carbonyl (C=O) groups is 1. The number of carboxylic acids is 1. The number of hydrogen-bond acceptors (Lipinski definition) is 3. The Morgan fingerprint density at radius 1 is 1.13 bits per heavy atom. The van der Waals surface area contributed by atoms with Gasteiger partial charge in [-0.1, -0.05) is 30.3 Å². The summed E-state index contributed by atoms with van der Waals surface area (Å²) in [5.41, 5.74) is 5.09. The minimum atomic E-state index is -0.892. The summed E-state index contributed by atoms with van der Waals surface area (Å²) in [6.07, 6.45) is 8.51. The van der Waals surface area contributed by atoms with Gasteiger partial charge in [0.1, 0.15) is 0 Å². The molecule has 4 rings (SSSR count). The van der Waals surface area contributed by atoms with E-state index in [0.717, 1.165) is 53.8 Å². The van der Waals surface area contributed by atoms with Gasteiger partial charge in [-0.15, -0.1) is 0 Å². The predicted octanol–water partition coefficient (Wildman–Crippen LogP) is 4.61. The van der Waals surface area contributed by atoms with Gasteiger partial charge in [0, 0.05) is 37.1 Å². The van der Waals surface area contributed by atoms with E-state index in [1.807, 2.05) is 31.3 Å². The average molecular weight is 404 g/mol. The van der Waals surface area contributed by atoms with Crippen molar-refractivity contribution >= 4 is 17.6 Å². The van der Waals surface area contributed by atoms with Crippen LogP contribution in [-0.2, 0) is 0 Å². The number of aromatic nitrogens is 1. The van der Waals surface area contributed by atoms with E-state index in [4.69, 9.17) is 0 Å². The van der Waals surface area contributed by atoms with Gasteiger partial charge in [0.05, 0.1) is 16.8 Å². The fourth-order valence-corrected chi connectivity index (χ4v) is 4.38. The van der Waals surface area contributed by atoms with Crippen molar-refractivity contribution in [1.82, 2.24) is 14.2 Å². The molecule has 156 valence electrons. The summed E-state index contributed by atoms with van der Waals surface area (Å²) in [5, 5.41) is 9.80. The van der Waals surface area contributed by atoms with Crippen molar-refractivity contribution in [3.8, 4) is 11.1 Å². The Morgan fingerprint density at radius 2 is 1.83 bits per heavy atom. The van der Waals surface area contributed by atoms with Crippen LogP contribution in [0.1, 0.15) is 34.5 Å². The summed E-state index contributed by atoms with van der Waals surface area (Å²) in [7, 11) is 4.29. The van der Waals surface area contributed by atoms with Crippen molar-refractivity contribution in [2.75, 3.05) is 27.2 Å². The fraction of sp³-hybridized carbons (Fsp3) is 0.320. The molecule has 3 heterocycles. The molecule has 1 N–H and O–H groups in total. The molecule has 0 bridgehead atoms. The molecular weight excluding hydrogens is 374 g/mol. The number of likely N-dealkylation sites (tertiary alicyclic amines) is 1. The number of carboxylic acid groups (broad SMARTS) is 1. The standard InChI is InChI=1S/C25H29N3O2/c1-18-22(25(29)30)17-24-21(19-7-5-4-6-8-19)11-16-28(24)23(18)12-15-27-13-9-20(10-14-27)26(2)3/h4-8,11-12,15-17,20H,9-10,13-14H2,1-3H3,(H,29,30). The first-order chi connectivity index (χ1) is 14.5. The molecule has 0 atom stereocenters. The molecular formula is C25H29N3O2. The Hall–Kier alpha value is -3.05. The molecule has 0 aliphatic carbocycles. The Bertz CT molecular complexity index is 1070. The van der Waals surface area contributed by atoms with Crippen LogP contribution in [0.5, 0.6) is 0 Å². The fourth-order valence-electron chi connectivity index (χ4n) is 4.38. The third-order valence-corrected chi connectivity index (χ3v) is 6.24. The highest BCUT2D eigenvalue weighted by Crippen LogP contribution is 2.30. The van der Waals surface area contributed by atoms with Crippen LogP contribution in [0.15, 0.2) is 54.9 Å². The Morgan fingerprint density at radius 3 is 2.47 bits per heavy atom. The van der Waals surface area contributed by atoms with Crippen LogP contribution in [0, 0.1) is 6.92 Å². The van der Waals surface area contributed by atoms with E-state index >= 15 is 0 Å². The van der Waals surface area contributed by atoms with Crippen LogP contribution in [0.2, 0.25) is 0 Å². The maximum atomic E-state index is 11.9. The summed E-state index contributed by atoms with van der Waals surface area (Å²) >= 11 is 0. The Balaban J connectivity index is 1.73. The monoisotopic (exact) mass is 403 g/mol. The number of aromatic carboxylic acids is 1. The molecule has 1 aliphatic rings. The van der Waals surface area contributed by atoms with Crippen molar-refractivity contribution < 1.29 is 9.90 Å². The zero-order chi connectivity index (χ0) is 21.3. The van der Waals surface area contributed by atoms with E-state index in [1.54, 1.807) is 6.07 Å². The first kappa shape index (κ1) is 20.2. The van der Waals surface area contributed by atoms with Crippen molar-refractivity contribution in [2.45, 2.75) is 25.8 Å². The highest BCUT2D eigenvalue weighted by molar-refractivity contribution is 5.94. The van der Waals surface area contributed by atoms with Crippen LogP contribution < -0.4 is 0 Å². The maximum absolute atomic E-state index is 11.9. The minimum Gasteiger partial charge on any atom is -0.478 e. The zero-order valence-electron chi connectivity index (χ0n) is 17.9. The number of nitrogens with zero attached hydrogens (tertiary/aromatic N) is 3. The molecule has 1 aliphatic heterocycles. The Kier molecular flexibility index (Phi) is 5.64. The van der Waals surface area contributed by atoms with E-state index in [9.17, 15) is 9.90 Å². The van der Waals surface area contributed by atoms with Gasteiger partial charge in [-0.05, 0) is 63.2 Å². The second-order valence-electron chi connectivity index (χ2n) is 8.27. The van der Waals surface area contributed by atoms with Gasteiger partial charge in [-0.3, -0.25) is 0 Å². The number of fused-ring (bicyclic) bond motifs is 1. The van der Waals surface area contributed by atoms with E-state index < -0.39 is 5.97 Å². The molecule has 1 saturated heterocycles. The summed E-state index contributed by atoms with van der Waals surface area (Å²) in [5.74, 6) is -0.892. The predicted molar refractivity (Wildman–Crippen MR) is 122 cm³/mol. The van der Waals surface area contributed by atoms with Crippen molar-refractivity contribution in [2.24, 2.45) is 0 Å². The van der Waals surface area contributed by atoms with E-state index in [2.05, 4.69) is 58.8 Å². The SMILES string of the molecule is Cc1c(C(=O)O)cc2c(-c3ccccc3)ccn2c1C=CN1CCC(N(C)C)CC1. The van der Waals surface area contributed by atoms with Gasteiger partial charge in [0.15, 0.2) is 0 Å². The normalized spacial score (nSPS) is 15.5. The summed E-state index contributed by atoms with van der Waals surface area (Å²) in [4.78, 5) is 16.6. The van der Waals surface area contributed by atoms with Crippen molar-refractivity contribution in [1.29, 1.82) is 0 Å². The molecule has 2 aromatic heterocycles. The van der Waals surface area contributed by atoms with Gasteiger partial charge in [-0.25, -0.2) is 4.79 Å². The zero-order valence-corrected chi connectivity index (χ0v) is 17.9. The number of piperidine rings is 1. The summed E-state index contributed by atoms with van der Waals surface area (Å²) < 4.78 is 2.10. The molecule has 0 saturated carbocycles. The summed E-state index contributed by atoms with van der Waals surface area (Å²) in [6, 6.07) is 14.6. The Labute approximate surface area is 177 Å². The summed E-state index contributed by atoms with van der Waals surface area (Å²) in [6.45, 7) is 3.92.